The lowest BCUT2D eigenvalue weighted by Crippen LogP contribution is -2.24. The SMILES string of the molecule is CNCc1ccc(OC)cc1OCC(O)COCCOC. The number of benzene rings is 1. The van der Waals surface area contributed by atoms with Crippen LogP contribution in [0.15, 0.2) is 18.2 Å². The summed E-state index contributed by atoms with van der Waals surface area (Å²) in [6.07, 6.45) is -0.685. The Hall–Kier alpha value is -1.34. The average Bonchev–Trinajstić information content (AvgIpc) is 2.51. The molecule has 1 aromatic carbocycles. The van der Waals surface area contributed by atoms with Crippen molar-refractivity contribution in [1.29, 1.82) is 0 Å². The van der Waals surface area contributed by atoms with Gasteiger partial charge in [-0.25, -0.2) is 0 Å². The standard InChI is InChI=1S/C15H25NO5/c1-16-9-12-4-5-14(19-3)8-15(12)21-11-13(17)10-20-7-6-18-2/h4-5,8,13,16-17H,6-7,9-11H2,1-3H3. The van der Waals surface area contributed by atoms with Crippen LogP contribution < -0.4 is 14.8 Å². The van der Waals surface area contributed by atoms with Gasteiger partial charge in [-0.3, -0.25) is 0 Å². The third kappa shape index (κ3) is 6.77. The van der Waals surface area contributed by atoms with Gasteiger partial charge in [0.05, 0.1) is 26.9 Å². The van der Waals surface area contributed by atoms with Crippen LogP contribution in [0.3, 0.4) is 0 Å². The van der Waals surface area contributed by atoms with E-state index in [9.17, 15) is 5.11 Å². The molecule has 0 aliphatic rings. The van der Waals surface area contributed by atoms with Crippen molar-refractivity contribution < 1.29 is 24.1 Å². The van der Waals surface area contributed by atoms with Gasteiger partial charge in [0, 0.05) is 25.3 Å². The molecule has 0 saturated heterocycles. The van der Waals surface area contributed by atoms with Crippen molar-refractivity contribution in [3.63, 3.8) is 0 Å². The lowest BCUT2D eigenvalue weighted by Gasteiger charge is -2.16. The van der Waals surface area contributed by atoms with E-state index in [1.54, 1.807) is 14.2 Å². The molecule has 1 unspecified atom stereocenters. The molecule has 0 aliphatic heterocycles. The van der Waals surface area contributed by atoms with Crippen LogP contribution in [0.2, 0.25) is 0 Å². The fraction of sp³-hybridized carbons (Fsp3) is 0.600. The van der Waals surface area contributed by atoms with E-state index in [1.165, 1.54) is 0 Å². The van der Waals surface area contributed by atoms with Crippen LogP contribution >= 0.6 is 0 Å². The third-order valence-electron chi connectivity index (χ3n) is 2.81. The van der Waals surface area contributed by atoms with Gasteiger partial charge in [0.15, 0.2) is 0 Å². The molecule has 0 bridgehead atoms. The zero-order valence-corrected chi connectivity index (χ0v) is 12.9. The highest BCUT2D eigenvalue weighted by molar-refractivity contribution is 5.40. The van der Waals surface area contributed by atoms with E-state index in [-0.39, 0.29) is 13.2 Å². The molecule has 0 aliphatic carbocycles. The van der Waals surface area contributed by atoms with Gasteiger partial charge < -0.3 is 29.4 Å². The molecule has 0 radical (unpaired) electrons. The van der Waals surface area contributed by atoms with Crippen LogP contribution in [-0.4, -0.2) is 58.9 Å². The van der Waals surface area contributed by atoms with Crippen LogP contribution in [0, 0.1) is 0 Å². The van der Waals surface area contributed by atoms with Gasteiger partial charge in [0.1, 0.15) is 24.2 Å². The van der Waals surface area contributed by atoms with Crippen molar-refractivity contribution in [2.24, 2.45) is 0 Å². The second kappa shape index (κ2) is 10.4. The largest absolute Gasteiger partial charge is 0.497 e. The minimum atomic E-state index is -0.685. The molecule has 2 N–H and O–H groups in total. The highest BCUT2D eigenvalue weighted by atomic mass is 16.5. The third-order valence-corrected chi connectivity index (χ3v) is 2.81. The minimum Gasteiger partial charge on any atom is -0.497 e. The number of rotatable bonds is 11. The first-order chi connectivity index (χ1) is 10.2. The van der Waals surface area contributed by atoms with E-state index in [1.807, 2.05) is 25.2 Å². The fourth-order valence-corrected chi connectivity index (χ4v) is 1.73. The molecule has 1 aromatic rings. The first-order valence-electron chi connectivity index (χ1n) is 6.90. The molecule has 1 atom stereocenters. The minimum absolute atomic E-state index is 0.164. The van der Waals surface area contributed by atoms with Gasteiger partial charge in [0.25, 0.3) is 0 Å². The van der Waals surface area contributed by atoms with E-state index in [4.69, 9.17) is 18.9 Å². The van der Waals surface area contributed by atoms with Gasteiger partial charge in [-0.1, -0.05) is 6.07 Å². The van der Waals surface area contributed by atoms with Crippen LogP contribution in [0.1, 0.15) is 5.56 Å². The highest BCUT2D eigenvalue weighted by Crippen LogP contribution is 2.25. The maximum Gasteiger partial charge on any atom is 0.127 e. The van der Waals surface area contributed by atoms with Gasteiger partial charge in [-0.2, -0.15) is 0 Å². The maximum atomic E-state index is 9.82. The maximum absolute atomic E-state index is 9.82. The van der Waals surface area contributed by atoms with Crippen molar-refractivity contribution in [2.45, 2.75) is 12.6 Å². The fourth-order valence-electron chi connectivity index (χ4n) is 1.73. The van der Waals surface area contributed by atoms with Gasteiger partial charge in [-0.15, -0.1) is 0 Å². The van der Waals surface area contributed by atoms with Gasteiger partial charge in [0.2, 0.25) is 0 Å². The molecule has 6 heteroatoms. The van der Waals surface area contributed by atoms with Crippen molar-refractivity contribution in [2.75, 3.05) is 47.7 Å². The van der Waals surface area contributed by atoms with Crippen molar-refractivity contribution in [3.8, 4) is 11.5 Å². The van der Waals surface area contributed by atoms with E-state index < -0.39 is 6.10 Å². The number of aliphatic hydroxyl groups excluding tert-OH is 1. The first-order valence-corrected chi connectivity index (χ1v) is 6.90. The molecule has 0 fully saturated rings. The Labute approximate surface area is 126 Å². The van der Waals surface area contributed by atoms with Crippen LogP contribution in [-0.2, 0) is 16.0 Å². The highest BCUT2D eigenvalue weighted by Gasteiger charge is 2.09. The molecule has 6 nitrogen and oxygen atoms in total. The summed E-state index contributed by atoms with van der Waals surface area (Å²) in [7, 11) is 5.08. The van der Waals surface area contributed by atoms with Crippen LogP contribution in [0.25, 0.3) is 0 Å². The number of hydrogen-bond acceptors (Lipinski definition) is 6. The lowest BCUT2D eigenvalue weighted by atomic mass is 10.2. The summed E-state index contributed by atoms with van der Waals surface area (Å²) in [5, 5.41) is 12.9. The van der Waals surface area contributed by atoms with E-state index in [0.29, 0.717) is 25.5 Å². The molecule has 0 heterocycles. The monoisotopic (exact) mass is 299 g/mol. The molecule has 1 rings (SSSR count). The zero-order chi connectivity index (χ0) is 15.5. The predicted octanol–water partition coefficient (Wildman–Crippen LogP) is 0.817. The number of nitrogens with one attached hydrogen (secondary N) is 1. The Morgan fingerprint density at radius 1 is 1.19 bits per heavy atom. The molecule has 120 valence electrons. The summed E-state index contributed by atoms with van der Waals surface area (Å²) in [4.78, 5) is 0. The van der Waals surface area contributed by atoms with E-state index >= 15 is 0 Å². The topological polar surface area (TPSA) is 69.2 Å². The number of ether oxygens (including phenoxy) is 4. The summed E-state index contributed by atoms with van der Waals surface area (Å²) < 4.78 is 21.0. The number of hydrogen-bond donors (Lipinski definition) is 2. The van der Waals surface area contributed by atoms with E-state index in [2.05, 4.69) is 5.32 Å². The van der Waals surface area contributed by atoms with E-state index in [0.717, 1.165) is 11.3 Å². The molecule has 21 heavy (non-hydrogen) atoms. The molecule has 0 aromatic heterocycles. The summed E-state index contributed by atoms with van der Waals surface area (Å²) in [6.45, 7) is 2.03. The van der Waals surface area contributed by atoms with Crippen molar-refractivity contribution in [1.82, 2.24) is 5.32 Å². The normalized spacial score (nSPS) is 12.2. The second-order valence-electron chi connectivity index (χ2n) is 4.54. The average molecular weight is 299 g/mol. The summed E-state index contributed by atoms with van der Waals surface area (Å²) in [6, 6.07) is 5.63. The molecule has 0 amide bonds. The van der Waals surface area contributed by atoms with Crippen molar-refractivity contribution in [3.05, 3.63) is 23.8 Å². The smallest absolute Gasteiger partial charge is 0.127 e. The summed E-state index contributed by atoms with van der Waals surface area (Å²) in [5.74, 6) is 1.41. The Morgan fingerprint density at radius 2 is 2.00 bits per heavy atom. The van der Waals surface area contributed by atoms with Crippen molar-refractivity contribution >= 4 is 0 Å². The zero-order valence-electron chi connectivity index (χ0n) is 12.9. The summed E-state index contributed by atoms with van der Waals surface area (Å²) in [5.41, 5.74) is 1.01. The Bertz CT molecular complexity index is 400. The molecule has 0 spiro atoms. The van der Waals surface area contributed by atoms with Crippen LogP contribution in [0.4, 0.5) is 0 Å². The lowest BCUT2D eigenvalue weighted by molar-refractivity contribution is -0.00435. The Kier molecular flexibility index (Phi) is 8.77. The Balaban J connectivity index is 2.48. The summed E-state index contributed by atoms with van der Waals surface area (Å²) >= 11 is 0. The molecule has 0 saturated carbocycles. The number of aliphatic hydroxyl groups is 1. The first kappa shape index (κ1) is 17.7. The second-order valence-corrected chi connectivity index (χ2v) is 4.54. The number of methoxy groups -OCH3 is 2. The molecular formula is C15H25NO5. The predicted molar refractivity (Wildman–Crippen MR) is 80.0 cm³/mol. The quantitative estimate of drug-likeness (QED) is 0.590. The Morgan fingerprint density at radius 3 is 2.67 bits per heavy atom. The van der Waals surface area contributed by atoms with Gasteiger partial charge in [-0.05, 0) is 13.1 Å². The van der Waals surface area contributed by atoms with Crippen LogP contribution in [0.5, 0.6) is 11.5 Å². The molecular weight excluding hydrogens is 274 g/mol. The van der Waals surface area contributed by atoms with Gasteiger partial charge >= 0.3 is 0 Å².